The van der Waals surface area contributed by atoms with Gasteiger partial charge in [-0.1, -0.05) is 36.3 Å². The predicted molar refractivity (Wildman–Crippen MR) is 42.9 cm³/mol. The Morgan fingerprint density at radius 2 is 2.00 bits per heavy atom. The van der Waals surface area contributed by atoms with E-state index in [-0.39, 0.29) is 12.2 Å². The lowest BCUT2D eigenvalue weighted by Gasteiger charge is -1.90. The minimum Gasteiger partial charge on any atom is -0.351 e. The number of hydrogen-bond acceptors (Lipinski definition) is 1. The van der Waals surface area contributed by atoms with E-state index in [1.807, 2.05) is 30.3 Å². The average Bonchev–Trinajstić information content (AvgIpc) is 2.85. The molecule has 0 unspecified atom stereocenters. The van der Waals surface area contributed by atoms with Gasteiger partial charge in [0, 0.05) is 0 Å². The zero-order chi connectivity index (χ0) is 7.68. The van der Waals surface area contributed by atoms with Crippen LogP contribution in [-0.4, -0.2) is 6.10 Å². The summed E-state index contributed by atoms with van der Waals surface area (Å²) in [6, 6.07) is 10.0. The fourth-order valence-electron chi connectivity index (χ4n) is 1.14. The summed E-state index contributed by atoms with van der Waals surface area (Å²) in [5, 5.41) is 0. The van der Waals surface area contributed by atoms with Gasteiger partial charge in [0.1, 0.15) is 12.2 Å². The molecule has 2 atom stereocenters. The molecule has 0 saturated carbocycles. The van der Waals surface area contributed by atoms with Crippen LogP contribution in [0.5, 0.6) is 0 Å². The summed E-state index contributed by atoms with van der Waals surface area (Å²) in [5.41, 5.74) is 1.18. The van der Waals surface area contributed by atoms with Crippen LogP contribution in [-0.2, 0) is 4.74 Å². The molecule has 1 nitrogen and oxygen atoms in total. The summed E-state index contributed by atoms with van der Waals surface area (Å²) < 4.78 is 5.22. The molecule has 0 bridgehead atoms. The van der Waals surface area contributed by atoms with E-state index in [4.69, 9.17) is 11.2 Å². The van der Waals surface area contributed by atoms with Gasteiger partial charge in [-0.2, -0.15) is 0 Å². The lowest BCUT2D eigenvalue weighted by molar-refractivity contribution is 0.397. The summed E-state index contributed by atoms with van der Waals surface area (Å²) in [6.07, 6.45) is 5.35. The van der Waals surface area contributed by atoms with Crippen molar-refractivity contribution in [3.05, 3.63) is 35.9 Å². The van der Waals surface area contributed by atoms with Crippen molar-refractivity contribution in [3.8, 4) is 12.3 Å². The van der Waals surface area contributed by atoms with Crippen molar-refractivity contribution in [2.75, 3.05) is 0 Å². The maximum absolute atomic E-state index is 5.22. The number of terminal acetylenes is 1. The Morgan fingerprint density at radius 3 is 2.55 bits per heavy atom. The molecule has 2 rings (SSSR count). The minimum absolute atomic E-state index is 0.0115. The van der Waals surface area contributed by atoms with Gasteiger partial charge in [0.15, 0.2) is 0 Å². The first-order valence-electron chi connectivity index (χ1n) is 3.58. The Labute approximate surface area is 66.0 Å². The van der Waals surface area contributed by atoms with Gasteiger partial charge in [0.25, 0.3) is 0 Å². The first kappa shape index (κ1) is 6.45. The molecule has 1 aliphatic rings. The standard InChI is InChI=1S/C10H8O/c1-2-9-10(11-9)8-6-4-3-5-7-8/h1,3-7,9-10H/t9-,10-/m0/s1. The molecule has 0 N–H and O–H groups in total. The van der Waals surface area contributed by atoms with E-state index in [1.165, 1.54) is 5.56 Å². The summed E-state index contributed by atoms with van der Waals surface area (Å²) in [7, 11) is 0. The molecule has 1 aromatic rings. The normalized spacial score (nSPS) is 27.5. The van der Waals surface area contributed by atoms with E-state index in [1.54, 1.807) is 0 Å². The van der Waals surface area contributed by atoms with Crippen molar-refractivity contribution in [2.45, 2.75) is 12.2 Å². The summed E-state index contributed by atoms with van der Waals surface area (Å²) in [5.74, 6) is 2.57. The zero-order valence-electron chi connectivity index (χ0n) is 6.03. The molecule has 0 spiro atoms. The van der Waals surface area contributed by atoms with Crippen molar-refractivity contribution in [2.24, 2.45) is 0 Å². The van der Waals surface area contributed by atoms with Gasteiger partial charge in [-0.15, -0.1) is 6.42 Å². The van der Waals surface area contributed by atoms with Crippen molar-refractivity contribution >= 4 is 0 Å². The molecule has 0 aromatic heterocycles. The van der Waals surface area contributed by atoms with Crippen LogP contribution in [0, 0.1) is 12.3 Å². The molecule has 1 aromatic carbocycles. The zero-order valence-corrected chi connectivity index (χ0v) is 6.03. The molecule has 0 amide bonds. The van der Waals surface area contributed by atoms with Gasteiger partial charge in [0.05, 0.1) is 0 Å². The van der Waals surface area contributed by atoms with Crippen molar-refractivity contribution in [1.29, 1.82) is 0 Å². The molecular weight excluding hydrogens is 136 g/mol. The van der Waals surface area contributed by atoms with Crippen LogP contribution < -0.4 is 0 Å². The third-order valence-electron chi connectivity index (χ3n) is 1.78. The summed E-state index contributed by atoms with van der Waals surface area (Å²) in [4.78, 5) is 0. The minimum atomic E-state index is 0.0115. The molecule has 1 aliphatic heterocycles. The summed E-state index contributed by atoms with van der Waals surface area (Å²) in [6.45, 7) is 0. The number of benzene rings is 1. The highest BCUT2D eigenvalue weighted by Gasteiger charge is 2.38. The highest BCUT2D eigenvalue weighted by molar-refractivity contribution is 5.26. The lowest BCUT2D eigenvalue weighted by Crippen LogP contribution is -1.82. The van der Waals surface area contributed by atoms with Crippen LogP contribution >= 0.6 is 0 Å². The molecule has 1 saturated heterocycles. The predicted octanol–water partition coefficient (Wildman–Crippen LogP) is 1.76. The van der Waals surface area contributed by atoms with Gasteiger partial charge < -0.3 is 4.74 Å². The van der Waals surface area contributed by atoms with Gasteiger partial charge in [-0.05, 0) is 5.56 Å². The highest BCUT2D eigenvalue weighted by atomic mass is 16.6. The third-order valence-corrected chi connectivity index (χ3v) is 1.78. The smallest absolute Gasteiger partial charge is 0.149 e. The number of rotatable bonds is 1. The fraction of sp³-hybridized carbons (Fsp3) is 0.200. The Balaban J connectivity index is 2.16. The van der Waals surface area contributed by atoms with Crippen LogP contribution in [0.4, 0.5) is 0 Å². The van der Waals surface area contributed by atoms with Crippen molar-refractivity contribution < 1.29 is 4.74 Å². The molecular formula is C10H8O. The maximum Gasteiger partial charge on any atom is 0.149 e. The number of ether oxygens (including phenoxy) is 1. The first-order chi connectivity index (χ1) is 5.42. The van der Waals surface area contributed by atoms with Gasteiger partial charge in [0.2, 0.25) is 0 Å². The molecule has 1 heteroatoms. The molecule has 0 aliphatic carbocycles. The Morgan fingerprint density at radius 1 is 1.27 bits per heavy atom. The van der Waals surface area contributed by atoms with Gasteiger partial charge in [-0.25, -0.2) is 0 Å². The van der Waals surface area contributed by atoms with Gasteiger partial charge >= 0.3 is 0 Å². The van der Waals surface area contributed by atoms with Crippen LogP contribution in [0.1, 0.15) is 11.7 Å². The van der Waals surface area contributed by atoms with Crippen LogP contribution in [0.3, 0.4) is 0 Å². The van der Waals surface area contributed by atoms with E-state index in [0.717, 1.165) is 0 Å². The second-order valence-electron chi connectivity index (χ2n) is 2.55. The topological polar surface area (TPSA) is 12.5 Å². The Hall–Kier alpha value is -1.26. The van der Waals surface area contributed by atoms with Gasteiger partial charge in [-0.3, -0.25) is 0 Å². The fourth-order valence-corrected chi connectivity index (χ4v) is 1.14. The second-order valence-corrected chi connectivity index (χ2v) is 2.55. The van der Waals surface area contributed by atoms with Crippen molar-refractivity contribution in [1.82, 2.24) is 0 Å². The number of hydrogen-bond donors (Lipinski definition) is 0. The van der Waals surface area contributed by atoms with E-state index < -0.39 is 0 Å². The molecule has 1 heterocycles. The monoisotopic (exact) mass is 144 g/mol. The lowest BCUT2D eigenvalue weighted by atomic mass is 10.1. The Kier molecular flexibility index (Phi) is 1.41. The Bertz CT molecular complexity index is 283. The maximum atomic E-state index is 5.22. The van der Waals surface area contributed by atoms with Crippen molar-refractivity contribution in [3.63, 3.8) is 0 Å². The highest BCUT2D eigenvalue weighted by Crippen LogP contribution is 2.37. The SMILES string of the molecule is C#C[C@@H]1O[C@H]1c1ccccc1. The largest absolute Gasteiger partial charge is 0.351 e. The quantitative estimate of drug-likeness (QED) is 0.432. The summed E-state index contributed by atoms with van der Waals surface area (Å²) >= 11 is 0. The second kappa shape index (κ2) is 2.41. The molecule has 54 valence electrons. The first-order valence-corrected chi connectivity index (χ1v) is 3.58. The average molecular weight is 144 g/mol. The van der Waals surface area contributed by atoms with E-state index >= 15 is 0 Å². The van der Waals surface area contributed by atoms with Crippen LogP contribution in [0.15, 0.2) is 30.3 Å². The van der Waals surface area contributed by atoms with E-state index in [9.17, 15) is 0 Å². The van der Waals surface area contributed by atoms with E-state index in [2.05, 4.69) is 5.92 Å². The molecule has 11 heavy (non-hydrogen) atoms. The van der Waals surface area contributed by atoms with Crippen LogP contribution in [0.25, 0.3) is 0 Å². The molecule has 1 fully saturated rings. The third kappa shape index (κ3) is 1.13. The van der Waals surface area contributed by atoms with E-state index in [0.29, 0.717) is 0 Å². The molecule has 0 radical (unpaired) electrons. The number of epoxide rings is 1. The van der Waals surface area contributed by atoms with Crippen LogP contribution in [0.2, 0.25) is 0 Å².